The van der Waals surface area contributed by atoms with E-state index in [9.17, 15) is 13.2 Å². The highest BCUT2D eigenvalue weighted by Crippen LogP contribution is 1.99. The summed E-state index contributed by atoms with van der Waals surface area (Å²) < 4.78 is 25.6. The summed E-state index contributed by atoms with van der Waals surface area (Å²) in [6.07, 6.45) is 1.98. The monoisotopic (exact) mass is 259 g/mol. The van der Waals surface area contributed by atoms with Crippen LogP contribution in [0, 0.1) is 0 Å². The second-order valence-corrected chi connectivity index (χ2v) is 6.22. The van der Waals surface area contributed by atoms with Crippen LogP contribution in [0.5, 0.6) is 0 Å². The first-order valence-electron chi connectivity index (χ1n) is 5.20. The maximum Gasteiger partial charge on any atom is 0.273 e. The van der Waals surface area contributed by atoms with Crippen molar-refractivity contribution in [1.82, 2.24) is 8.87 Å². The molecule has 0 aliphatic carbocycles. The van der Waals surface area contributed by atoms with Gasteiger partial charge in [0.1, 0.15) is 0 Å². The summed E-state index contributed by atoms with van der Waals surface area (Å²) in [5.74, 6) is 0.0151. The van der Waals surface area contributed by atoms with Crippen LogP contribution in [0.3, 0.4) is 0 Å². The summed E-state index contributed by atoms with van der Waals surface area (Å²) in [6, 6.07) is 3.19. The van der Waals surface area contributed by atoms with E-state index >= 15 is 0 Å². The zero-order chi connectivity index (χ0) is 13.1. The molecule has 1 aromatic rings. The molecule has 2 N–H and O–H groups in total. The van der Waals surface area contributed by atoms with Crippen molar-refractivity contribution in [2.24, 2.45) is 0 Å². The van der Waals surface area contributed by atoms with Gasteiger partial charge in [-0.15, -0.1) is 0 Å². The number of hydrogen-bond acceptors (Lipinski definition) is 4. The molecule has 0 fully saturated rings. The fraction of sp³-hybridized carbons (Fsp3) is 0.500. The van der Waals surface area contributed by atoms with Crippen LogP contribution in [0.1, 0.15) is 6.42 Å². The first-order valence-corrected chi connectivity index (χ1v) is 6.80. The Morgan fingerprint density at radius 2 is 2.06 bits per heavy atom. The van der Waals surface area contributed by atoms with Crippen LogP contribution in [0.4, 0.5) is 5.69 Å². The molecule has 0 aliphatic rings. The Morgan fingerprint density at radius 1 is 1.41 bits per heavy atom. The number of aryl methyl sites for hydroxylation is 1. The van der Waals surface area contributed by atoms with E-state index in [0.717, 1.165) is 0 Å². The van der Waals surface area contributed by atoms with Crippen molar-refractivity contribution in [1.29, 1.82) is 0 Å². The topological polar surface area (TPSA) is 85.4 Å². The lowest BCUT2D eigenvalue weighted by Crippen LogP contribution is -2.27. The number of sulfonamides is 1. The third-order valence-corrected chi connectivity index (χ3v) is 4.32. The normalized spacial score (nSPS) is 11.9. The first-order chi connectivity index (χ1) is 7.84. The number of nitrogen functional groups attached to an aromatic ring is 1. The van der Waals surface area contributed by atoms with E-state index in [2.05, 4.69) is 0 Å². The number of nitrogens with zero attached hydrogens (tertiary/aromatic N) is 2. The van der Waals surface area contributed by atoms with Crippen LogP contribution in [-0.2, 0) is 16.6 Å². The van der Waals surface area contributed by atoms with Crippen molar-refractivity contribution in [3.8, 4) is 0 Å². The highest BCUT2D eigenvalue weighted by atomic mass is 32.2. The molecule has 7 heteroatoms. The van der Waals surface area contributed by atoms with Crippen LogP contribution in [-0.4, -0.2) is 37.1 Å². The Labute approximate surface area is 101 Å². The Bertz CT molecular complexity index is 534. The summed E-state index contributed by atoms with van der Waals surface area (Å²) in [4.78, 5) is 11.5. The largest absolute Gasteiger partial charge is 0.394 e. The van der Waals surface area contributed by atoms with Crippen molar-refractivity contribution in [2.75, 3.05) is 25.6 Å². The van der Waals surface area contributed by atoms with Crippen LogP contribution in [0.2, 0.25) is 0 Å². The fourth-order valence-corrected chi connectivity index (χ4v) is 2.19. The number of aromatic nitrogens is 1. The highest BCUT2D eigenvalue weighted by Gasteiger charge is 2.12. The molecule has 0 bridgehead atoms. The summed E-state index contributed by atoms with van der Waals surface area (Å²) in [5, 5.41) is 0. The molecule has 17 heavy (non-hydrogen) atoms. The average Bonchev–Trinajstić information content (AvgIpc) is 2.24. The molecule has 1 heterocycles. The van der Waals surface area contributed by atoms with E-state index in [0.29, 0.717) is 13.0 Å². The van der Waals surface area contributed by atoms with E-state index in [1.165, 1.54) is 29.0 Å². The van der Waals surface area contributed by atoms with E-state index in [1.807, 2.05) is 0 Å². The van der Waals surface area contributed by atoms with E-state index in [-0.39, 0.29) is 17.0 Å². The second-order valence-electron chi connectivity index (χ2n) is 3.91. The molecule has 0 unspecified atom stereocenters. The van der Waals surface area contributed by atoms with Gasteiger partial charge in [0.15, 0.2) is 0 Å². The SMILES string of the molecule is CN(C)S(=O)(=O)CCCn1cccc(N)c1=O. The number of pyridine rings is 1. The molecule has 0 amide bonds. The molecule has 96 valence electrons. The average molecular weight is 259 g/mol. The number of rotatable bonds is 5. The quantitative estimate of drug-likeness (QED) is 0.787. The Kier molecular flexibility index (Phi) is 4.30. The van der Waals surface area contributed by atoms with Crippen molar-refractivity contribution in [3.63, 3.8) is 0 Å². The van der Waals surface area contributed by atoms with Crippen LogP contribution in [0.15, 0.2) is 23.1 Å². The molecule has 0 atom stereocenters. The molecule has 0 spiro atoms. The zero-order valence-electron chi connectivity index (χ0n) is 9.96. The fourth-order valence-electron chi connectivity index (χ4n) is 1.33. The van der Waals surface area contributed by atoms with Crippen LogP contribution < -0.4 is 11.3 Å². The molecule has 0 aliphatic heterocycles. The van der Waals surface area contributed by atoms with Crippen molar-refractivity contribution >= 4 is 15.7 Å². The molecule has 0 saturated heterocycles. The predicted molar refractivity (Wildman–Crippen MR) is 67.2 cm³/mol. The summed E-state index contributed by atoms with van der Waals surface area (Å²) in [5.41, 5.74) is 5.35. The second kappa shape index (κ2) is 5.33. The third kappa shape index (κ3) is 3.57. The molecule has 0 aromatic carbocycles. The molecule has 6 nitrogen and oxygen atoms in total. The van der Waals surface area contributed by atoms with Crippen molar-refractivity contribution < 1.29 is 8.42 Å². The van der Waals surface area contributed by atoms with Gasteiger partial charge < -0.3 is 10.3 Å². The van der Waals surface area contributed by atoms with Crippen molar-refractivity contribution in [3.05, 3.63) is 28.7 Å². The highest BCUT2D eigenvalue weighted by molar-refractivity contribution is 7.89. The minimum Gasteiger partial charge on any atom is -0.394 e. The van der Waals surface area contributed by atoms with Gasteiger partial charge in [0.25, 0.3) is 5.56 Å². The molecular weight excluding hydrogens is 242 g/mol. The number of hydrogen-bond donors (Lipinski definition) is 1. The van der Waals surface area contributed by atoms with Gasteiger partial charge >= 0.3 is 0 Å². The van der Waals surface area contributed by atoms with Gasteiger partial charge in [-0.05, 0) is 18.6 Å². The van der Waals surface area contributed by atoms with Gasteiger partial charge in [0.2, 0.25) is 10.0 Å². The van der Waals surface area contributed by atoms with Crippen LogP contribution in [0.25, 0.3) is 0 Å². The lowest BCUT2D eigenvalue weighted by molar-refractivity contribution is 0.514. The van der Waals surface area contributed by atoms with E-state index in [4.69, 9.17) is 5.73 Å². The van der Waals surface area contributed by atoms with Gasteiger partial charge in [-0.3, -0.25) is 4.79 Å². The maximum atomic E-state index is 11.5. The van der Waals surface area contributed by atoms with Gasteiger partial charge in [-0.2, -0.15) is 0 Å². The predicted octanol–water partition coefficient (Wildman–Crippen LogP) is -0.288. The van der Waals surface area contributed by atoms with Gasteiger partial charge in [-0.25, -0.2) is 12.7 Å². The Hall–Kier alpha value is -1.34. The van der Waals surface area contributed by atoms with Gasteiger partial charge in [-0.1, -0.05) is 0 Å². The molecule has 1 rings (SSSR count). The molecule has 0 radical (unpaired) electrons. The Balaban J connectivity index is 2.64. The van der Waals surface area contributed by atoms with Gasteiger partial charge in [0.05, 0.1) is 11.4 Å². The van der Waals surface area contributed by atoms with Gasteiger partial charge in [0, 0.05) is 26.8 Å². The van der Waals surface area contributed by atoms with E-state index < -0.39 is 10.0 Å². The summed E-state index contributed by atoms with van der Waals surface area (Å²) in [7, 11) is -0.228. The lowest BCUT2D eigenvalue weighted by atomic mass is 10.4. The van der Waals surface area contributed by atoms with Crippen molar-refractivity contribution in [2.45, 2.75) is 13.0 Å². The molecular formula is C10H17N3O3S. The summed E-state index contributed by atoms with van der Waals surface area (Å²) in [6.45, 7) is 0.344. The molecule has 0 saturated carbocycles. The maximum absolute atomic E-state index is 11.5. The molecule has 1 aromatic heterocycles. The number of nitrogens with two attached hydrogens (primary N) is 1. The van der Waals surface area contributed by atoms with E-state index in [1.54, 1.807) is 12.3 Å². The number of anilines is 1. The third-order valence-electron chi connectivity index (χ3n) is 2.41. The minimum absolute atomic E-state index is 0.0151. The zero-order valence-corrected chi connectivity index (χ0v) is 10.8. The standard InChI is InChI=1S/C10H17N3O3S/c1-12(2)17(15,16)8-4-7-13-6-3-5-9(11)10(13)14/h3,5-6H,4,7-8,11H2,1-2H3. The summed E-state index contributed by atoms with van der Waals surface area (Å²) >= 11 is 0. The first kappa shape index (κ1) is 13.7. The smallest absolute Gasteiger partial charge is 0.273 e. The lowest BCUT2D eigenvalue weighted by Gasteiger charge is -2.11. The Morgan fingerprint density at radius 3 is 2.65 bits per heavy atom. The van der Waals surface area contributed by atoms with Crippen LogP contribution >= 0.6 is 0 Å². The minimum atomic E-state index is -3.20.